The minimum Gasteiger partial charge on any atom is -0.479 e. The molecule has 1 rings (SSSR count). The zero-order chi connectivity index (χ0) is 60.3. The second-order valence-electron chi connectivity index (χ2n) is 22.4. The maximum Gasteiger partial charge on any atom is 0.335 e. The van der Waals surface area contributed by atoms with Crippen molar-refractivity contribution in [3.05, 3.63) is 97.2 Å². The van der Waals surface area contributed by atoms with Crippen LogP contribution in [0.15, 0.2) is 97.2 Å². The Labute approximate surface area is 504 Å². The molecule has 1 aliphatic heterocycles. The Morgan fingerprint density at radius 2 is 0.783 bits per heavy atom. The van der Waals surface area contributed by atoms with E-state index in [1.165, 1.54) is 122 Å². The molecule has 1 heterocycles. The lowest BCUT2D eigenvalue weighted by molar-refractivity contribution is -0.301. The van der Waals surface area contributed by atoms with Crippen molar-refractivity contribution in [3.8, 4) is 0 Å². The highest BCUT2D eigenvalue weighted by atomic mass is 16.7. The third-order valence-corrected chi connectivity index (χ3v) is 14.6. The lowest BCUT2D eigenvalue weighted by atomic mass is 9.98. The maximum atomic E-state index is 13.2. The Morgan fingerprint density at radius 1 is 0.410 bits per heavy atom. The van der Waals surface area contributed by atoms with Crippen LogP contribution in [0.3, 0.4) is 0 Å². The van der Waals surface area contributed by atoms with Crippen LogP contribution in [0.4, 0.5) is 0 Å². The predicted molar refractivity (Wildman–Crippen MR) is 340 cm³/mol. The van der Waals surface area contributed by atoms with Gasteiger partial charge in [-0.15, -0.1) is 0 Å². The SMILES string of the molecule is CC/C=C\C/C=C\C/C=C\C/C=C\C/C=C\C/C=C\CCC(=O)OC1C(OCC(COC(=O)CCCCCCCCCCC/C=C\CCCCCCCC)OC(=O)CCCCCCC/C=C\CCCCCCCC)OC(C(=O)O)C(O)C1O. The Bertz CT molecular complexity index is 1810. The van der Waals surface area contributed by atoms with Gasteiger partial charge in [-0.3, -0.25) is 14.4 Å². The van der Waals surface area contributed by atoms with Crippen LogP contribution in [0.2, 0.25) is 0 Å². The average Bonchev–Trinajstić information content (AvgIpc) is 3.60. The van der Waals surface area contributed by atoms with Crippen molar-refractivity contribution in [1.29, 1.82) is 0 Å². The number of aliphatic carboxylic acids is 1. The van der Waals surface area contributed by atoms with E-state index in [4.69, 9.17) is 23.7 Å². The van der Waals surface area contributed by atoms with E-state index in [2.05, 4.69) is 99.8 Å². The van der Waals surface area contributed by atoms with Crippen LogP contribution in [-0.4, -0.2) is 89.2 Å². The molecule has 12 nitrogen and oxygen atoms in total. The normalized spacial score (nSPS) is 18.2. The highest BCUT2D eigenvalue weighted by Crippen LogP contribution is 2.26. The number of hydrogen-bond acceptors (Lipinski definition) is 11. The van der Waals surface area contributed by atoms with Crippen molar-refractivity contribution in [1.82, 2.24) is 0 Å². The molecule has 0 aromatic heterocycles. The number of allylic oxidation sites excluding steroid dienone is 16. The van der Waals surface area contributed by atoms with Crippen molar-refractivity contribution in [3.63, 3.8) is 0 Å². The van der Waals surface area contributed by atoms with Crippen LogP contribution < -0.4 is 0 Å². The van der Waals surface area contributed by atoms with Crippen molar-refractivity contribution in [2.24, 2.45) is 0 Å². The molecule has 0 bridgehead atoms. The fourth-order valence-corrected chi connectivity index (χ4v) is 9.56. The number of aliphatic hydroxyl groups excluding tert-OH is 2. The van der Waals surface area contributed by atoms with Crippen LogP contribution in [0.1, 0.15) is 278 Å². The first-order valence-electron chi connectivity index (χ1n) is 33.2. The molecular weight excluding hydrogens is 1040 g/mol. The highest BCUT2D eigenvalue weighted by molar-refractivity contribution is 5.74. The van der Waals surface area contributed by atoms with E-state index in [1.54, 1.807) is 0 Å². The van der Waals surface area contributed by atoms with Gasteiger partial charge in [0.2, 0.25) is 0 Å². The molecule has 0 saturated carbocycles. The molecule has 0 amide bonds. The zero-order valence-electron chi connectivity index (χ0n) is 52.4. The van der Waals surface area contributed by atoms with Crippen LogP contribution in [0, 0.1) is 0 Å². The van der Waals surface area contributed by atoms with Gasteiger partial charge < -0.3 is 39.0 Å². The lowest BCUT2D eigenvalue weighted by Gasteiger charge is -2.40. The van der Waals surface area contributed by atoms with Gasteiger partial charge in [-0.05, 0) is 109 Å². The molecule has 12 heteroatoms. The quantitative estimate of drug-likeness (QED) is 0.0228. The van der Waals surface area contributed by atoms with E-state index in [-0.39, 0.29) is 25.9 Å². The van der Waals surface area contributed by atoms with Crippen molar-refractivity contribution in [2.75, 3.05) is 13.2 Å². The third-order valence-electron chi connectivity index (χ3n) is 14.6. The Kier molecular flexibility index (Phi) is 53.6. The zero-order valence-corrected chi connectivity index (χ0v) is 52.4. The second-order valence-corrected chi connectivity index (χ2v) is 22.4. The summed E-state index contributed by atoms with van der Waals surface area (Å²) in [6, 6.07) is 0. The number of unbranched alkanes of at least 4 members (excludes halogenated alkanes) is 26. The van der Waals surface area contributed by atoms with E-state index in [1.807, 2.05) is 18.2 Å². The fourth-order valence-electron chi connectivity index (χ4n) is 9.56. The van der Waals surface area contributed by atoms with Gasteiger partial charge in [0.15, 0.2) is 24.6 Å². The largest absolute Gasteiger partial charge is 0.479 e. The summed E-state index contributed by atoms with van der Waals surface area (Å²) in [5.74, 6) is -3.24. The van der Waals surface area contributed by atoms with Crippen molar-refractivity contribution < 1.29 is 58.2 Å². The van der Waals surface area contributed by atoms with Gasteiger partial charge in [0, 0.05) is 19.3 Å². The molecule has 474 valence electrons. The van der Waals surface area contributed by atoms with Gasteiger partial charge in [0.25, 0.3) is 0 Å². The van der Waals surface area contributed by atoms with Gasteiger partial charge in [0.05, 0.1) is 6.61 Å². The van der Waals surface area contributed by atoms with Crippen molar-refractivity contribution >= 4 is 23.9 Å². The van der Waals surface area contributed by atoms with Crippen LogP contribution in [0.5, 0.6) is 0 Å². The van der Waals surface area contributed by atoms with Crippen LogP contribution in [-0.2, 0) is 42.9 Å². The number of carbonyl (C=O) groups excluding carboxylic acids is 3. The fraction of sp³-hybridized carbons (Fsp3) is 0.718. The number of esters is 3. The van der Waals surface area contributed by atoms with E-state index in [0.29, 0.717) is 25.7 Å². The van der Waals surface area contributed by atoms with E-state index in [0.717, 1.165) is 89.9 Å². The van der Waals surface area contributed by atoms with E-state index in [9.17, 15) is 34.5 Å². The summed E-state index contributed by atoms with van der Waals surface area (Å²) in [4.78, 5) is 51.3. The molecule has 6 unspecified atom stereocenters. The number of aliphatic hydroxyl groups is 2. The number of carbonyl (C=O) groups is 4. The summed E-state index contributed by atoms with van der Waals surface area (Å²) < 4.78 is 28.5. The standard InChI is InChI=1S/C71H118O12/c1-4-7-10-13-16-19-22-25-28-30-32-34-37-39-42-45-48-51-54-57-63(72)79-60-62(81-64(73)58-55-52-49-46-43-40-36-27-24-21-18-15-12-9-6-3)61-80-71-69(67(76)66(75)68(83-71)70(77)78)82-65(74)59-56-53-50-47-44-41-38-35-33-31-29-26-23-20-17-14-11-8-5-2/h8,11,17,20,25-29,33,35-36,41,44,50,53,62,66-69,71,75-76H,4-7,9-10,12-16,18-19,21-24,30-32,34,37-40,42-43,45-49,51-52,54-61H2,1-3H3,(H,77,78)/b11-8-,20-17-,28-25-,29-26-,35-33-,36-27-,44-41-,53-50-. The first kappa shape index (κ1) is 76.7. The number of rotatable bonds is 56. The molecule has 0 spiro atoms. The summed E-state index contributed by atoms with van der Waals surface area (Å²) in [6.07, 6.45) is 65.2. The van der Waals surface area contributed by atoms with Gasteiger partial charge in [0.1, 0.15) is 18.8 Å². The summed E-state index contributed by atoms with van der Waals surface area (Å²) >= 11 is 0. The van der Waals surface area contributed by atoms with Gasteiger partial charge in [-0.2, -0.15) is 0 Å². The summed E-state index contributed by atoms with van der Waals surface area (Å²) in [6.45, 7) is 5.86. The Morgan fingerprint density at radius 3 is 1.20 bits per heavy atom. The molecule has 0 aromatic carbocycles. The number of carboxylic acid groups (broad SMARTS) is 1. The Balaban J connectivity index is 2.70. The molecule has 83 heavy (non-hydrogen) atoms. The molecule has 0 radical (unpaired) electrons. The third kappa shape index (κ3) is 47.6. The first-order chi connectivity index (χ1) is 40.6. The predicted octanol–water partition coefficient (Wildman–Crippen LogP) is 18.0. The van der Waals surface area contributed by atoms with Gasteiger partial charge in [-0.25, -0.2) is 4.79 Å². The van der Waals surface area contributed by atoms with Gasteiger partial charge in [-0.1, -0.05) is 246 Å². The molecule has 1 fully saturated rings. The molecule has 3 N–H and O–H groups in total. The molecule has 6 atom stereocenters. The molecule has 0 aromatic rings. The minimum absolute atomic E-state index is 0.0687. The molecule has 1 aliphatic rings. The minimum atomic E-state index is -1.93. The van der Waals surface area contributed by atoms with E-state index >= 15 is 0 Å². The monoisotopic (exact) mass is 1160 g/mol. The summed E-state index contributed by atoms with van der Waals surface area (Å²) in [5.41, 5.74) is 0. The smallest absolute Gasteiger partial charge is 0.335 e. The number of hydrogen-bond donors (Lipinski definition) is 3. The summed E-state index contributed by atoms with van der Waals surface area (Å²) in [7, 11) is 0. The van der Waals surface area contributed by atoms with E-state index < -0.39 is 67.3 Å². The Hall–Kier alpha value is -4.36. The van der Waals surface area contributed by atoms with Crippen molar-refractivity contribution in [2.45, 2.75) is 314 Å². The maximum absolute atomic E-state index is 13.2. The van der Waals surface area contributed by atoms with Gasteiger partial charge >= 0.3 is 23.9 Å². The molecular formula is C71H118O12. The average molecular weight is 1160 g/mol. The number of ether oxygens (including phenoxy) is 5. The second kappa shape index (κ2) is 58.0. The molecule has 1 saturated heterocycles. The van der Waals surface area contributed by atoms with Crippen LogP contribution >= 0.6 is 0 Å². The highest BCUT2D eigenvalue weighted by Gasteiger charge is 2.50. The lowest BCUT2D eigenvalue weighted by Crippen LogP contribution is -2.61. The van der Waals surface area contributed by atoms with Crippen LogP contribution in [0.25, 0.3) is 0 Å². The first-order valence-corrected chi connectivity index (χ1v) is 33.2. The summed E-state index contributed by atoms with van der Waals surface area (Å²) in [5, 5.41) is 31.6. The topological polar surface area (TPSA) is 175 Å². The molecule has 0 aliphatic carbocycles. The number of carboxylic acids is 1.